The van der Waals surface area contributed by atoms with Crippen LogP contribution < -0.4 is 5.32 Å². The van der Waals surface area contributed by atoms with Crippen LogP contribution in [0.3, 0.4) is 0 Å². The van der Waals surface area contributed by atoms with Crippen molar-refractivity contribution in [3.8, 4) is 0 Å². The largest absolute Gasteiger partial charge is 0.381 e. The summed E-state index contributed by atoms with van der Waals surface area (Å²) in [6.45, 7) is 6.05. The first-order valence-corrected chi connectivity index (χ1v) is 8.53. The summed E-state index contributed by atoms with van der Waals surface area (Å²) < 4.78 is 11.5. The minimum Gasteiger partial charge on any atom is -0.381 e. The Morgan fingerprint density at radius 3 is 2.89 bits per heavy atom. The normalized spacial score (nSPS) is 27.5. The van der Waals surface area contributed by atoms with Crippen LogP contribution in [0.1, 0.15) is 39.0 Å². The molecule has 2 saturated heterocycles. The van der Waals surface area contributed by atoms with E-state index in [-0.39, 0.29) is 5.60 Å². The first-order valence-electron chi connectivity index (χ1n) is 7.37. The van der Waals surface area contributed by atoms with Crippen LogP contribution in [0.15, 0.2) is 0 Å². The van der Waals surface area contributed by atoms with Crippen LogP contribution in [-0.4, -0.2) is 49.5 Å². The summed E-state index contributed by atoms with van der Waals surface area (Å²) in [5, 5.41) is 3.72. The molecular weight excluding hydrogens is 246 g/mol. The Kier molecular flexibility index (Phi) is 6.29. The topological polar surface area (TPSA) is 30.5 Å². The highest BCUT2D eigenvalue weighted by Crippen LogP contribution is 2.34. The molecule has 3 nitrogen and oxygen atoms in total. The van der Waals surface area contributed by atoms with E-state index in [0.29, 0.717) is 6.04 Å². The van der Waals surface area contributed by atoms with E-state index in [0.717, 1.165) is 39.2 Å². The molecule has 4 heteroatoms. The van der Waals surface area contributed by atoms with Gasteiger partial charge in [-0.2, -0.15) is 11.8 Å². The summed E-state index contributed by atoms with van der Waals surface area (Å²) in [7, 11) is 0. The smallest absolute Gasteiger partial charge is 0.0741 e. The molecule has 1 atom stereocenters. The van der Waals surface area contributed by atoms with E-state index in [4.69, 9.17) is 9.47 Å². The van der Waals surface area contributed by atoms with E-state index < -0.39 is 0 Å². The molecule has 2 aliphatic heterocycles. The fourth-order valence-corrected chi connectivity index (χ4v) is 3.56. The van der Waals surface area contributed by atoms with Crippen molar-refractivity contribution >= 4 is 11.8 Å². The fraction of sp³-hybridized carbons (Fsp3) is 1.00. The van der Waals surface area contributed by atoms with Crippen LogP contribution in [0, 0.1) is 0 Å². The van der Waals surface area contributed by atoms with E-state index >= 15 is 0 Å². The van der Waals surface area contributed by atoms with Gasteiger partial charge in [-0.25, -0.2) is 0 Å². The van der Waals surface area contributed by atoms with Gasteiger partial charge in [0, 0.05) is 25.9 Å². The Labute approximate surface area is 115 Å². The van der Waals surface area contributed by atoms with Gasteiger partial charge in [-0.3, -0.25) is 0 Å². The molecule has 0 aromatic carbocycles. The van der Waals surface area contributed by atoms with Gasteiger partial charge in [0.1, 0.15) is 0 Å². The van der Waals surface area contributed by atoms with Gasteiger partial charge in [-0.15, -0.1) is 0 Å². The molecule has 0 aliphatic carbocycles. The van der Waals surface area contributed by atoms with Crippen LogP contribution in [0.2, 0.25) is 0 Å². The maximum absolute atomic E-state index is 6.06. The zero-order valence-corrected chi connectivity index (χ0v) is 12.4. The predicted molar refractivity (Wildman–Crippen MR) is 77.4 cm³/mol. The summed E-state index contributed by atoms with van der Waals surface area (Å²) in [5.41, 5.74) is 0.131. The van der Waals surface area contributed by atoms with Gasteiger partial charge in [0.25, 0.3) is 0 Å². The Morgan fingerprint density at radius 2 is 2.11 bits per heavy atom. The molecule has 0 amide bonds. The summed E-state index contributed by atoms with van der Waals surface area (Å²) >= 11 is 2.04. The average Bonchev–Trinajstić information content (AvgIpc) is 2.40. The highest BCUT2D eigenvalue weighted by molar-refractivity contribution is 7.99. The SMILES string of the molecule is CCSCCCNC1CCOC2(CCOCC2)C1. The van der Waals surface area contributed by atoms with Crippen molar-refractivity contribution in [3.63, 3.8) is 0 Å². The molecule has 2 fully saturated rings. The second kappa shape index (κ2) is 7.73. The highest BCUT2D eigenvalue weighted by atomic mass is 32.2. The second-order valence-corrected chi connectivity index (χ2v) is 6.73. The standard InChI is InChI=1S/C14H27NO2S/c1-2-18-11-3-7-15-13-4-8-17-14(12-13)5-9-16-10-6-14/h13,15H,2-12H2,1H3. The monoisotopic (exact) mass is 273 g/mol. The lowest BCUT2D eigenvalue weighted by molar-refractivity contribution is -0.140. The minimum atomic E-state index is 0.131. The molecule has 1 spiro atoms. The number of rotatable bonds is 6. The molecule has 1 unspecified atom stereocenters. The van der Waals surface area contributed by atoms with E-state index in [1.165, 1.54) is 30.8 Å². The molecule has 0 aromatic heterocycles. The molecule has 0 saturated carbocycles. The van der Waals surface area contributed by atoms with Gasteiger partial charge in [0.2, 0.25) is 0 Å². The lowest BCUT2D eigenvalue weighted by Gasteiger charge is -2.43. The summed E-state index contributed by atoms with van der Waals surface area (Å²) in [6.07, 6.45) is 5.79. The van der Waals surface area contributed by atoms with Gasteiger partial charge < -0.3 is 14.8 Å². The van der Waals surface area contributed by atoms with Crippen molar-refractivity contribution in [3.05, 3.63) is 0 Å². The van der Waals surface area contributed by atoms with Gasteiger partial charge in [0.05, 0.1) is 5.60 Å². The number of ether oxygens (including phenoxy) is 2. The number of hydrogen-bond acceptors (Lipinski definition) is 4. The number of hydrogen-bond donors (Lipinski definition) is 1. The van der Waals surface area contributed by atoms with Crippen molar-refractivity contribution in [2.45, 2.75) is 50.7 Å². The molecule has 2 rings (SSSR count). The molecule has 2 aliphatic rings. The van der Waals surface area contributed by atoms with Gasteiger partial charge in [-0.1, -0.05) is 6.92 Å². The molecule has 2 heterocycles. The van der Waals surface area contributed by atoms with Crippen LogP contribution in [0.25, 0.3) is 0 Å². The third-order valence-electron chi connectivity index (χ3n) is 4.00. The molecule has 106 valence electrons. The lowest BCUT2D eigenvalue weighted by Crippen LogP contribution is -2.50. The Morgan fingerprint density at radius 1 is 1.28 bits per heavy atom. The van der Waals surface area contributed by atoms with Crippen molar-refractivity contribution in [2.75, 3.05) is 37.9 Å². The highest BCUT2D eigenvalue weighted by Gasteiger charge is 2.38. The van der Waals surface area contributed by atoms with Gasteiger partial charge in [-0.05, 0) is 50.2 Å². The maximum Gasteiger partial charge on any atom is 0.0741 e. The third kappa shape index (κ3) is 4.41. The zero-order chi connectivity index (χ0) is 12.7. The third-order valence-corrected chi connectivity index (χ3v) is 4.99. The van der Waals surface area contributed by atoms with Crippen LogP contribution in [0.4, 0.5) is 0 Å². The van der Waals surface area contributed by atoms with E-state index in [9.17, 15) is 0 Å². The predicted octanol–water partition coefficient (Wildman–Crippen LogP) is 2.45. The van der Waals surface area contributed by atoms with E-state index in [1.54, 1.807) is 0 Å². The van der Waals surface area contributed by atoms with Crippen molar-refractivity contribution in [1.29, 1.82) is 0 Å². The van der Waals surface area contributed by atoms with Crippen molar-refractivity contribution < 1.29 is 9.47 Å². The summed E-state index contributed by atoms with van der Waals surface area (Å²) in [6, 6.07) is 0.656. The molecular formula is C14H27NO2S. The lowest BCUT2D eigenvalue weighted by atomic mass is 9.84. The van der Waals surface area contributed by atoms with E-state index in [1.807, 2.05) is 11.8 Å². The van der Waals surface area contributed by atoms with Crippen LogP contribution >= 0.6 is 11.8 Å². The van der Waals surface area contributed by atoms with E-state index in [2.05, 4.69) is 12.2 Å². The zero-order valence-electron chi connectivity index (χ0n) is 11.6. The molecule has 0 aromatic rings. The summed E-state index contributed by atoms with van der Waals surface area (Å²) in [5.74, 6) is 2.52. The molecule has 0 bridgehead atoms. The fourth-order valence-electron chi connectivity index (χ4n) is 2.92. The van der Waals surface area contributed by atoms with Crippen molar-refractivity contribution in [1.82, 2.24) is 5.32 Å². The Bertz CT molecular complexity index is 226. The quantitative estimate of drug-likeness (QED) is 0.753. The maximum atomic E-state index is 6.06. The first-order chi connectivity index (χ1) is 8.85. The minimum absolute atomic E-state index is 0.131. The van der Waals surface area contributed by atoms with Crippen molar-refractivity contribution in [2.24, 2.45) is 0 Å². The summed E-state index contributed by atoms with van der Waals surface area (Å²) in [4.78, 5) is 0. The Hall–Kier alpha value is 0.230. The number of thioether (sulfide) groups is 1. The van der Waals surface area contributed by atoms with Crippen LogP contribution in [-0.2, 0) is 9.47 Å². The molecule has 1 N–H and O–H groups in total. The molecule has 18 heavy (non-hydrogen) atoms. The Balaban J connectivity index is 1.66. The number of nitrogens with one attached hydrogen (secondary N) is 1. The average molecular weight is 273 g/mol. The first kappa shape index (κ1) is 14.6. The van der Waals surface area contributed by atoms with Crippen LogP contribution in [0.5, 0.6) is 0 Å². The van der Waals surface area contributed by atoms with Gasteiger partial charge in [0.15, 0.2) is 0 Å². The molecule has 0 radical (unpaired) electrons. The van der Waals surface area contributed by atoms with Gasteiger partial charge >= 0.3 is 0 Å². The second-order valence-electron chi connectivity index (χ2n) is 5.34.